The fourth-order valence-corrected chi connectivity index (χ4v) is 2.31. The lowest BCUT2D eigenvalue weighted by molar-refractivity contribution is -0.0511. The molecule has 0 spiro atoms. The molecule has 0 fully saturated rings. The van der Waals surface area contributed by atoms with E-state index >= 15 is 0 Å². The highest BCUT2D eigenvalue weighted by Gasteiger charge is 2.14. The summed E-state index contributed by atoms with van der Waals surface area (Å²) in [4.78, 5) is 12.4. The van der Waals surface area contributed by atoms with Crippen molar-refractivity contribution in [2.75, 3.05) is 12.4 Å². The third kappa shape index (κ3) is 3.97. The van der Waals surface area contributed by atoms with E-state index in [1.807, 2.05) is 30.3 Å². The van der Waals surface area contributed by atoms with Crippen molar-refractivity contribution in [3.8, 4) is 17.2 Å². The molecule has 6 nitrogen and oxygen atoms in total. The monoisotopic (exact) mass is 359 g/mol. The van der Waals surface area contributed by atoms with Gasteiger partial charge in [0, 0.05) is 18.0 Å². The second-order valence-electron chi connectivity index (χ2n) is 5.21. The van der Waals surface area contributed by atoms with Gasteiger partial charge in [-0.05, 0) is 24.3 Å². The summed E-state index contributed by atoms with van der Waals surface area (Å²) in [6.07, 6.45) is 2.99. The zero-order chi connectivity index (χ0) is 18.5. The summed E-state index contributed by atoms with van der Waals surface area (Å²) in [5.74, 6) is -0.458. The molecule has 1 N–H and O–H groups in total. The lowest BCUT2D eigenvalue weighted by atomic mass is 10.2. The number of carbonyl (C=O) groups is 1. The number of hydrogen-bond acceptors (Lipinski definition) is 4. The van der Waals surface area contributed by atoms with E-state index in [1.165, 1.54) is 31.5 Å². The van der Waals surface area contributed by atoms with Gasteiger partial charge in [0.15, 0.2) is 11.5 Å². The Balaban J connectivity index is 1.77. The van der Waals surface area contributed by atoms with Crippen LogP contribution in [0.25, 0.3) is 5.69 Å². The second kappa shape index (κ2) is 7.64. The number of para-hydroxylation sites is 1. The van der Waals surface area contributed by atoms with E-state index in [4.69, 9.17) is 4.74 Å². The maximum Gasteiger partial charge on any atom is 0.387 e. The number of ether oxygens (including phenoxy) is 2. The number of benzene rings is 2. The predicted molar refractivity (Wildman–Crippen MR) is 91.1 cm³/mol. The first kappa shape index (κ1) is 17.4. The fourth-order valence-electron chi connectivity index (χ4n) is 2.31. The number of methoxy groups -OCH3 is 1. The Kier molecular flexibility index (Phi) is 5.12. The zero-order valence-corrected chi connectivity index (χ0v) is 13.7. The summed E-state index contributed by atoms with van der Waals surface area (Å²) < 4.78 is 35.9. The van der Waals surface area contributed by atoms with Gasteiger partial charge < -0.3 is 14.8 Å². The zero-order valence-electron chi connectivity index (χ0n) is 13.7. The molecule has 1 aromatic heterocycles. The molecule has 0 atom stereocenters. The minimum Gasteiger partial charge on any atom is -0.493 e. The lowest BCUT2D eigenvalue weighted by Gasteiger charge is -2.12. The van der Waals surface area contributed by atoms with Crippen molar-refractivity contribution >= 4 is 11.6 Å². The largest absolute Gasteiger partial charge is 0.493 e. The van der Waals surface area contributed by atoms with Gasteiger partial charge in [0.25, 0.3) is 5.91 Å². The van der Waals surface area contributed by atoms with Gasteiger partial charge in [-0.25, -0.2) is 4.68 Å². The van der Waals surface area contributed by atoms with Crippen LogP contribution in [-0.2, 0) is 0 Å². The van der Waals surface area contributed by atoms with Crippen LogP contribution >= 0.6 is 0 Å². The normalized spacial score (nSPS) is 10.6. The quantitative estimate of drug-likeness (QED) is 0.728. The van der Waals surface area contributed by atoms with Crippen molar-refractivity contribution in [2.24, 2.45) is 0 Å². The van der Waals surface area contributed by atoms with Crippen molar-refractivity contribution < 1.29 is 23.0 Å². The van der Waals surface area contributed by atoms with E-state index in [9.17, 15) is 13.6 Å². The molecule has 2 aromatic carbocycles. The molecule has 0 radical (unpaired) electrons. The number of anilines is 1. The Labute approximate surface area is 148 Å². The molecule has 0 bridgehead atoms. The van der Waals surface area contributed by atoms with E-state index in [-0.39, 0.29) is 11.5 Å². The molecule has 0 aliphatic rings. The van der Waals surface area contributed by atoms with Gasteiger partial charge in [-0.15, -0.1) is 0 Å². The minimum atomic E-state index is -3.00. The smallest absolute Gasteiger partial charge is 0.387 e. The van der Waals surface area contributed by atoms with E-state index < -0.39 is 12.5 Å². The van der Waals surface area contributed by atoms with Crippen LogP contribution < -0.4 is 14.8 Å². The number of rotatable bonds is 6. The van der Waals surface area contributed by atoms with Gasteiger partial charge in [0.05, 0.1) is 24.6 Å². The SMILES string of the molecule is COc1ccc(NC(=O)c2cnn(-c3ccccc3)c2)cc1OC(F)F. The summed E-state index contributed by atoms with van der Waals surface area (Å²) in [5, 5.41) is 6.76. The van der Waals surface area contributed by atoms with Crippen LogP contribution in [0.4, 0.5) is 14.5 Å². The highest BCUT2D eigenvalue weighted by molar-refractivity contribution is 6.04. The fraction of sp³-hybridized carbons (Fsp3) is 0.111. The third-order valence-electron chi connectivity index (χ3n) is 3.50. The van der Waals surface area contributed by atoms with Crippen molar-refractivity contribution in [1.29, 1.82) is 0 Å². The third-order valence-corrected chi connectivity index (χ3v) is 3.50. The van der Waals surface area contributed by atoms with Crippen LogP contribution in [0.1, 0.15) is 10.4 Å². The number of alkyl halides is 2. The number of aromatic nitrogens is 2. The first-order valence-electron chi connectivity index (χ1n) is 7.61. The standard InChI is InChI=1S/C18H15F2N3O3/c1-25-15-8-7-13(9-16(15)26-18(19)20)22-17(24)12-10-21-23(11-12)14-5-3-2-4-6-14/h2-11,18H,1H3,(H,22,24). The summed E-state index contributed by atoms with van der Waals surface area (Å²) in [6.45, 7) is -3.00. The predicted octanol–water partition coefficient (Wildman–Crippen LogP) is 3.73. The molecule has 1 heterocycles. The number of carbonyl (C=O) groups excluding carboxylic acids is 1. The molecular formula is C18H15F2N3O3. The minimum absolute atomic E-state index is 0.139. The molecule has 26 heavy (non-hydrogen) atoms. The summed E-state index contributed by atoms with van der Waals surface area (Å²) in [5.41, 5.74) is 1.42. The van der Waals surface area contributed by atoms with Crippen LogP contribution in [0.2, 0.25) is 0 Å². The van der Waals surface area contributed by atoms with E-state index in [0.717, 1.165) is 5.69 Å². The number of nitrogens with one attached hydrogen (secondary N) is 1. The first-order chi connectivity index (χ1) is 12.6. The highest BCUT2D eigenvalue weighted by atomic mass is 19.3. The van der Waals surface area contributed by atoms with Gasteiger partial charge >= 0.3 is 6.61 Å². The summed E-state index contributed by atoms with van der Waals surface area (Å²) >= 11 is 0. The van der Waals surface area contributed by atoms with Crippen LogP contribution in [0.5, 0.6) is 11.5 Å². The van der Waals surface area contributed by atoms with Crippen LogP contribution in [0, 0.1) is 0 Å². The van der Waals surface area contributed by atoms with E-state index in [2.05, 4.69) is 15.2 Å². The molecule has 0 saturated carbocycles. The van der Waals surface area contributed by atoms with Crippen LogP contribution in [0.3, 0.4) is 0 Å². The Bertz CT molecular complexity index is 898. The Hall–Kier alpha value is -3.42. The maximum absolute atomic E-state index is 12.5. The van der Waals surface area contributed by atoms with E-state index in [1.54, 1.807) is 10.9 Å². The van der Waals surface area contributed by atoms with Crippen molar-refractivity contribution in [1.82, 2.24) is 9.78 Å². The molecular weight excluding hydrogens is 344 g/mol. The van der Waals surface area contributed by atoms with Gasteiger partial charge in [0.1, 0.15) is 0 Å². The Morgan fingerprint density at radius 1 is 1.15 bits per heavy atom. The van der Waals surface area contributed by atoms with Crippen molar-refractivity contribution in [2.45, 2.75) is 6.61 Å². The molecule has 1 amide bonds. The number of halogens is 2. The highest BCUT2D eigenvalue weighted by Crippen LogP contribution is 2.31. The van der Waals surface area contributed by atoms with Crippen molar-refractivity contribution in [3.63, 3.8) is 0 Å². The Morgan fingerprint density at radius 2 is 1.92 bits per heavy atom. The van der Waals surface area contributed by atoms with E-state index in [0.29, 0.717) is 11.3 Å². The molecule has 0 aliphatic carbocycles. The Morgan fingerprint density at radius 3 is 2.62 bits per heavy atom. The average molecular weight is 359 g/mol. The van der Waals surface area contributed by atoms with Crippen molar-refractivity contribution in [3.05, 3.63) is 66.5 Å². The van der Waals surface area contributed by atoms with Gasteiger partial charge in [0.2, 0.25) is 0 Å². The van der Waals surface area contributed by atoms with Crippen LogP contribution in [-0.4, -0.2) is 29.4 Å². The molecule has 3 rings (SSSR count). The average Bonchev–Trinajstić information content (AvgIpc) is 3.12. The molecule has 0 unspecified atom stereocenters. The molecule has 8 heteroatoms. The first-order valence-corrected chi connectivity index (χ1v) is 7.61. The molecule has 0 saturated heterocycles. The number of hydrogen-bond donors (Lipinski definition) is 1. The topological polar surface area (TPSA) is 65.4 Å². The molecule has 3 aromatic rings. The van der Waals surface area contributed by atoms with Crippen LogP contribution in [0.15, 0.2) is 60.9 Å². The lowest BCUT2D eigenvalue weighted by Crippen LogP contribution is -2.11. The second-order valence-corrected chi connectivity index (χ2v) is 5.21. The number of amides is 1. The molecule has 0 aliphatic heterocycles. The summed E-state index contributed by atoms with van der Waals surface area (Å²) in [6, 6.07) is 13.5. The van der Waals surface area contributed by atoms with Gasteiger partial charge in [-0.1, -0.05) is 18.2 Å². The van der Waals surface area contributed by atoms with Gasteiger partial charge in [-0.3, -0.25) is 4.79 Å². The van der Waals surface area contributed by atoms with Gasteiger partial charge in [-0.2, -0.15) is 13.9 Å². The maximum atomic E-state index is 12.5. The summed E-state index contributed by atoms with van der Waals surface area (Å²) in [7, 11) is 1.34. The number of nitrogens with zero attached hydrogens (tertiary/aromatic N) is 2. The molecule has 134 valence electrons.